The third kappa shape index (κ3) is 2.59. The average Bonchev–Trinajstić information content (AvgIpc) is 2.55. The van der Waals surface area contributed by atoms with Crippen LogP contribution in [-0.4, -0.2) is 0 Å². The van der Waals surface area contributed by atoms with Gasteiger partial charge in [0.1, 0.15) is 0 Å². The average molecular weight is 245 g/mol. The van der Waals surface area contributed by atoms with Crippen LogP contribution in [0.4, 0.5) is 0 Å². The van der Waals surface area contributed by atoms with Gasteiger partial charge in [0, 0.05) is 9.75 Å². The van der Waals surface area contributed by atoms with E-state index >= 15 is 0 Å². The van der Waals surface area contributed by atoms with Gasteiger partial charge in [-0.3, -0.25) is 0 Å². The molecule has 0 bridgehead atoms. The monoisotopic (exact) mass is 245 g/mol. The van der Waals surface area contributed by atoms with Crippen molar-refractivity contribution >= 4 is 11.3 Å². The third-order valence-electron chi connectivity index (χ3n) is 2.96. The van der Waals surface area contributed by atoms with E-state index in [1.807, 2.05) is 0 Å². The number of aryl methyl sites for hydroxylation is 4. The normalized spacial score (nSPS) is 12.8. The van der Waals surface area contributed by atoms with Gasteiger partial charge in [-0.25, -0.2) is 0 Å². The van der Waals surface area contributed by atoms with Crippen molar-refractivity contribution in [2.75, 3.05) is 0 Å². The van der Waals surface area contributed by atoms with E-state index in [2.05, 4.69) is 52.0 Å². The van der Waals surface area contributed by atoms with E-state index in [4.69, 9.17) is 5.73 Å². The SMILES string of the molecule is Cc1cc(C)cc(C(N)c2sc(C)cc2C)c1. The highest BCUT2D eigenvalue weighted by atomic mass is 32.1. The minimum absolute atomic E-state index is 0.00676. The van der Waals surface area contributed by atoms with Crippen LogP contribution in [0.15, 0.2) is 24.3 Å². The third-order valence-corrected chi connectivity index (χ3v) is 4.20. The van der Waals surface area contributed by atoms with Crippen LogP contribution >= 0.6 is 11.3 Å². The highest BCUT2D eigenvalue weighted by Crippen LogP contribution is 2.30. The van der Waals surface area contributed by atoms with Gasteiger partial charge in [0.25, 0.3) is 0 Å². The quantitative estimate of drug-likeness (QED) is 0.849. The molecule has 90 valence electrons. The van der Waals surface area contributed by atoms with Gasteiger partial charge in [0.2, 0.25) is 0 Å². The lowest BCUT2D eigenvalue weighted by atomic mass is 9.99. The molecular weight excluding hydrogens is 226 g/mol. The Morgan fingerprint density at radius 3 is 2.00 bits per heavy atom. The van der Waals surface area contributed by atoms with Crippen LogP contribution in [0.25, 0.3) is 0 Å². The first kappa shape index (κ1) is 12.3. The highest BCUT2D eigenvalue weighted by molar-refractivity contribution is 7.12. The lowest BCUT2D eigenvalue weighted by Crippen LogP contribution is -2.11. The molecule has 0 amide bonds. The lowest BCUT2D eigenvalue weighted by Gasteiger charge is -2.13. The highest BCUT2D eigenvalue weighted by Gasteiger charge is 2.14. The van der Waals surface area contributed by atoms with Crippen molar-refractivity contribution in [3.05, 3.63) is 56.3 Å². The number of benzene rings is 1. The Bertz CT molecular complexity index is 520. The molecule has 0 aliphatic heterocycles. The fourth-order valence-electron chi connectivity index (χ4n) is 2.31. The largest absolute Gasteiger partial charge is 0.320 e. The molecular formula is C15H19NS. The molecule has 0 spiro atoms. The molecule has 0 aliphatic carbocycles. The van der Waals surface area contributed by atoms with Crippen molar-refractivity contribution in [1.82, 2.24) is 0 Å². The van der Waals surface area contributed by atoms with Crippen LogP contribution < -0.4 is 5.73 Å². The van der Waals surface area contributed by atoms with E-state index in [1.165, 1.54) is 32.0 Å². The summed E-state index contributed by atoms with van der Waals surface area (Å²) in [4.78, 5) is 2.62. The number of thiophene rings is 1. The summed E-state index contributed by atoms with van der Waals surface area (Å²) in [7, 11) is 0. The van der Waals surface area contributed by atoms with Crippen molar-refractivity contribution in [2.24, 2.45) is 5.73 Å². The first-order valence-electron chi connectivity index (χ1n) is 5.88. The van der Waals surface area contributed by atoms with Crippen molar-refractivity contribution in [1.29, 1.82) is 0 Å². The first-order valence-corrected chi connectivity index (χ1v) is 6.69. The predicted octanol–water partition coefficient (Wildman–Crippen LogP) is 4.03. The molecule has 2 aromatic rings. The van der Waals surface area contributed by atoms with Gasteiger partial charge in [-0.15, -0.1) is 11.3 Å². The molecule has 0 saturated carbocycles. The van der Waals surface area contributed by atoms with Gasteiger partial charge < -0.3 is 5.73 Å². The Balaban J connectivity index is 2.43. The minimum Gasteiger partial charge on any atom is -0.320 e. The van der Waals surface area contributed by atoms with Crippen LogP contribution in [0.5, 0.6) is 0 Å². The van der Waals surface area contributed by atoms with Crippen molar-refractivity contribution in [3.8, 4) is 0 Å². The summed E-state index contributed by atoms with van der Waals surface area (Å²) < 4.78 is 0. The van der Waals surface area contributed by atoms with Gasteiger partial charge in [0.15, 0.2) is 0 Å². The van der Waals surface area contributed by atoms with Gasteiger partial charge in [-0.05, 0) is 44.9 Å². The summed E-state index contributed by atoms with van der Waals surface area (Å²) >= 11 is 1.80. The number of hydrogen-bond donors (Lipinski definition) is 1. The molecule has 0 aliphatic rings. The fraction of sp³-hybridized carbons (Fsp3) is 0.333. The molecule has 0 fully saturated rings. The van der Waals surface area contributed by atoms with E-state index in [-0.39, 0.29) is 6.04 Å². The van der Waals surface area contributed by atoms with Crippen LogP contribution in [0.2, 0.25) is 0 Å². The van der Waals surface area contributed by atoms with E-state index in [1.54, 1.807) is 11.3 Å². The number of rotatable bonds is 2. The van der Waals surface area contributed by atoms with Gasteiger partial charge in [0.05, 0.1) is 6.04 Å². The van der Waals surface area contributed by atoms with E-state index in [9.17, 15) is 0 Å². The van der Waals surface area contributed by atoms with E-state index in [0.29, 0.717) is 0 Å². The first-order chi connectivity index (χ1) is 7.97. The lowest BCUT2D eigenvalue weighted by molar-refractivity contribution is 0.881. The summed E-state index contributed by atoms with van der Waals surface area (Å²) in [6, 6.07) is 8.77. The minimum atomic E-state index is 0.00676. The molecule has 1 aromatic carbocycles. The summed E-state index contributed by atoms with van der Waals surface area (Å²) in [6.07, 6.45) is 0. The maximum atomic E-state index is 6.38. The Kier molecular flexibility index (Phi) is 3.36. The molecule has 2 heteroatoms. The van der Waals surface area contributed by atoms with Crippen LogP contribution in [-0.2, 0) is 0 Å². The molecule has 0 radical (unpaired) electrons. The van der Waals surface area contributed by atoms with Crippen molar-refractivity contribution in [3.63, 3.8) is 0 Å². The Morgan fingerprint density at radius 2 is 1.53 bits per heavy atom. The number of hydrogen-bond acceptors (Lipinski definition) is 2. The Labute approximate surface area is 107 Å². The van der Waals surface area contributed by atoms with Gasteiger partial charge in [-0.1, -0.05) is 29.3 Å². The summed E-state index contributed by atoms with van der Waals surface area (Å²) in [6.45, 7) is 8.52. The van der Waals surface area contributed by atoms with Crippen molar-refractivity contribution in [2.45, 2.75) is 33.7 Å². The second kappa shape index (κ2) is 4.63. The molecule has 1 nitrogen and oxygen atoms in total. The zero-order valence-corrected chi connectivity index (χ0v) is 11.7. The van der Waals surface area contributed by atoms with E-state index in [0.717, 1.165) is 0 Å². The van der Waals surface area contributed by atoms with E-state index < -0.39 is 0 Å². The van der Waals surface area contributed by atoms with Gasteiger partial charge in [-0.2, -0.15) is 0 Å². The second-order valence-corrected chi connectivity index (χ2v) is 6.09. The molecule has 17 heavy (non-hydrogen) atoms. The molecule has 2 N–H and O–H groups in total. The van der Waals surface area contributed by atoms with Crippen molar-refractivity contribution < 1.29 is 0 Å². The zero-order valence-electron chi connectivity index (χ0n) is 10.9. The smallest absolute Gasteiger partial charge is 0.0648 e. The fourth-order valence-corrected chi connectivity index (χ4v) is 3.37. The summed E-state index contributed by atoms with van der Waals surface area (Å²) in [5.41, 5.74) is 11.5. The summed E-state index contributed by atoms with van der Waals surface area (Å²) in [5, 5.41) is 0. The zero-order chi connectivity index (χ0) is 12.6. The molecule has 2 rings (SSSR count). The molecule has 1 unspecified atom stereocenters. The maximum Gasteiger partial charge on any atom is 0.0648 e. The van der Waals surface area contributed by atoms with Crippen LogP contribution in [0.3, 0.4) is 0 Å². The predicted molar refractivity (Wildman–Crippen MR) is 75.7 cm³/mol. The number of nitrogens with two attached hydrogens (primary N) is 1. The second-order valence-electron chi connectivity index (χ2n) is 4.80. The topological polar surface area (TPSA) is 26.0 Å². The maximum absolute atomic E-state index is 6.38. The van der Waals surface area contributed by atoms with Crippen LogP contribution in [0, 0.1) is 27.7 Å². The molecule has 1 aromatic heterocycles. The standard InChI is InChI=1S/C15H19NS/c1-9-5-10(2)7-13(6-9)14(16)15-11(3)8-12(4)17-15/h5-8,14H,16H2,1-4H3. The molecule has 0 saturated heterocycles. The van der Waals surface area contributed by atoms with Gasteiger partial charge >= 0.3 is 0 Å². The molecule has 1 heterocycles. The van der Waals surface area contributed by atoms with Crippen LogP contribution in [0.1, 0.15) is 38.0 Å². The Morgan fingerprint density at radius 1 is 0.941 bits per heavy atom. The molecule has 1 atom stereocenters. The summed E-state index contributed by atoms with van der Waals surface area (Å²) in [5.74, 6) is 0. The Hall–Kier alpha value is -1.12.